The molecule has 0 heterocycles. The lowest BCUT2D eigenvalue weighted by atomic mass is 9.69. The second-order valence-corrected chi connectivity index (χ2v) is 6.10. The van der Waals surface area contributed by atoms with E-state index in [1.54, 1.807) is 54.6 Å². The fourth-order valence-electron chi connectivity index (χ4n) is 3.67. The molecule has 0 amide bonds. The Morgan fingerprint density at radius 3 is 2.44 bits per heavy atom. The zero-order valence-corrected chi connectivity index (χ0v) is 13.7. The standard InChI is InChI=1S/C19H17NO5/c1-25-18(22)19(11-14-9-5-6-10-15(14)17(19)21)16(12-20(23)24)13-7-3-2-4-8-13/h2-10,16H,11-12H2,1H3/t16-,19+/m0/s1. The number of hydrogen-bond donors (Lipinski definition) is 0. The van der Waals surface area contributed by atoms with E-state index in [1.807, 2.05) is 0 Å². The van der Waals surface area contributed by atoms with Gasteiger partial charge in [0.05, 0.1) is 13.0 Å². The van der Waals surface area contributed by atoms with Crippen molar-refractivity contribution in [2.24, 2.45) is 5.41 Å². The largest absolute Gasteiger partial charge is 0.468 e. The predicted octanol–water partition coefficient (Wildman–Crippen LogP) is 2.65. The summed E-state index contributed by atoms with van der Waals surface area (Å²) in [5.41, 5.74) is 0.0949. The molecule has 2 aromatic carbocycles. The molecule has 0 radical (unpaired) electrons. The molecule has 0 aliphatic heterocycles. The summed E-state index contributed by atoms with van der Waals surface area (Å²) in [6.45, 7) is -0.529. The maximum atomic E-state index is 13.2. The van der Waals surface area contributed by atoms with Crippen molar-refractivity contribution in [2.45, 2.75) is 12.3 Å². The maximum Gasteiger partial charge on any atom is 0.320 e. The molecular formula is C19H17NO5. The first kappa shape index (κ1) is 16.8. The molecule has 0 unspecified atom stereocenters. The smallest absolute Gasteiger partial charge is 0.320 e. The van der Waals surface area contributed by atoms with E-state index in [2.05, 4.69) is 0 Å². The molecule has 0 saturated carbocycles. The number of ketones is 1. The van der Waals surface area contributed by atoms with Gasteiger partial charge in [0, 0.05) is 10.5 Å². The molecule has 128 valence electrons. The van der Waals surface area contributed by atoms with Gasteiger partial charge in [0.2, 0.25) is 6.54 Å². The summed E-state index contributed by atoms with van der Waals surface area (Å²) in [6.07, 6.45) is 0.0993. The Bertz CT molecular complexity index is 833. The van der Waals surface area contributed by atoms with Crippen LogP contribution in [0.15, 0.2) is 54.6 Å². The molecule has 25 heavy (non-hydrogen) atoms. The third-order valence-electron chi connectivity index (χ3n) is 4.81. The van der Waals surface area contributed by atoms with Gasteiger partial charge < -0.3 is 4.74 Å². The Labute approximate surface area is 144 Å². The first-order chi connectivity index (χ1) is 12.0. The molecule has 3 rings (SSSR count). The number of Topliss-reactive ketones (excluding diaryl/α,β-unsaturated/α-hetero) is 1. The van der Waals surface area contributed by atoms with Gasteiger partial charge in [-0.3, -0.25) is 19.7 Å². The minimum absolute atomic E-state index is 0.0993. The zero-order chi connectivity index (χ0) is 18.0. The number of rotatable bonds is 5. The minimum atomic E-state index is -1.62. The van der Waals surface area contributed by atoms with Crippen LogP contribution in [0, 0.1) is 15.5 Å². The van der Waals surface area contributed by atoms with Crippen molar-refractivity contribution in [1.29, 1.82) is 0 Å². The van der Waals surface area contributed by atoms with Crippen LogP contribution in [0.3, 0.4) is 0 Å². The summed E-state index contributed by atoms with van der Waals surface area (Å²) in [6, 6.07) is 15.6. The van der Waals surface area contributed by atoms with Gasteiger partial charge in [-0.15, -0.1) is 0 Å². The molecule has 0 fully saturated rings. The summed E-state index contributed by atoms with van der Waals surface area (Å²) >= 11 is 0. The second-order valence-electron chi connectivity index (χ2n) is 6.10. The number of nitrogens with zero attached hydrogens (tertiary/aromatic N) is 1. The molecule has 2 atom stereocenters. The van der Waals surface area contributed by atoms with E-state index in [4.69, 9.17) is 4.74 Å². The van der Waals surface area contributed by atoms with Crippen LogP contribution in [0.5, 0.6) is 0 Å². The molecular weight excluding hydrogens is 322 g/mol. The zero-order valence-electron chi connectivity index (χ0n) is 13.7. The number of carbonyl (C=O) groups excluding carboxylic acids is 2. The third kappa shape index (κ3) is 2.69. The Kier molecular flexibility index (Phi) is 4.35. The normalized spacial score (nSPS) is 20.0. The Morgan fingerprint density at radius 2 is 1.84 bits per heavy atom. The molecule has 0 bridgehead atoms. The lowest BCUT2D eigenvalue weighted by Gasteiger charge is -2.31. The van der Waals surface area contributed by atoms with Gasteiger partial charge in [-0.05, 0) is 17.5 Å². The van der Waals surface area contributed by atoms with Crippen molar-refractivity contribution in [3.05, 3.63) is 81.4 Å². The van der Waals surface area contributed by atoms with Crippen LogP contribution in [-0.2, 0) is 16.0 Å². The van der Waals surface area contributed by atoms with Gasteiger partial charge in [-0.25, -0.2) is 0 Å². The van der Waals surface area contributed by atoms with Gasteiger partial charge in [-0.2, -0.15) is 0 Å². The average Bonchev–Trinajstić information content (AvgIpc) is 2.93. The van der Waals surface area contributed by atoms with Gasteiger partial charge >= 0.3 is 5.97 Å². The Balaban J connectivity index is 2.19. The number of methoxy groups -OCH3 is 1. The van der Waals surface area contributed by atoms with Crippen LogP contribution in [0.1, 0.15) is 27.4 Å². The predicted molar refractivity (Wildman–Crippen MR) is 90.0 cm³/mol. The van der Waals surface area contributed by atoms with Crippen molar-refractivity contribution < 1.29 is 19.2 Å². The lowest BCUT2D eigenvalue weighted by molar-refractivity contribution is -0.485. The maximum absolute atomic E-state index is 13.2. The van der Waals surface area contributed by atoms with Gasteiger partial charge in [0.15, 0.2) is 5.78 Å². The average molecular weight is 339 g/mol. The van der Waals surface area contributed by atoms with E-state index in [0.29, 0.717) is 16.7 Å². The quantitative estimate of drug-likeness (QED) is 0.362. The SMILES string of the molecule is COC(=O)[C@@]1([C@@H](C[N+](=O)[O-])c2ccccc2)Cc2ccccc2C1=O. The second kappa shape index (κ2) is 6.47. The highest BCUT2D eigenvalue weighted by atomic mass is 16.6. The number of ether oxygens (including phenoxy) is 1. The van der Waals surface area contributed by atoms with Crippen LogP contribution in [-0.4, -0.2) is 30.3 Å². The van der Waals surface area contributed by atoms with E-state index in [1.165, 1.54) is 7.11 Å². The molecule has 1 aliphatic carbocycles. The monoisotopic (exact) mass is 339 g/mol. The number of carbonyl (C=O) groups is 2. The first-order valence-electron chi connectivity index (χ1n) is 7.88. The number of esters is 1. The molecule has 0 N–H and O–H groups in total. The third-order valence-corrected chi connectivity index (χ3v) is 4.81. The number of nitro groups is 1. The minimum Gasteiger partial charge on any atom is -0.468 e. The van der Waals surface area contributed by atoms with E-state index in [9.17, 15) is 19.7 Å². The highest BCUT2D eigenvalue weighted by Crippen LogP contribution is 2.48. The Hall–Kier alpha value is -3.02. The van der Waals surface area contributed by atoms with Crippen molar-refractivity contribution in [3.8, 4) is 0 Å². The van der Waals surface area contributed by atoms with Crippen molar-refractivity contribution in [3.63, 3.8) is 0 Å². The van der Waals surface area contributed by atoms with E-state index < -0.39 is 34.6 Å². The van der Waals surface area contributed by atoms with Gasteiger partial charge in [0.25, 0.3) is 0 Å². The fourth-order valence-corrected chi connectivity index (χ4v) is 3.67. The van der Waals surface area contributed by atoms with E-state index in [-0.39, 0.29) is 6.42 Å². The van der Waals surface area contributed by atoms with Crippen molar-refractivity contribution in [2.75, 3.05) is 13.7 Å². The van der Waals surface area contributed by atoms with Crippen molar-refractivity contribution >= 4 is 11.8 Å². The number of fused-ring (bicyclic) bond motifs is 1. The van der Waals surface area contributed by atoms with Crippen LogP contribution >= 0.6 is 0 Å². The van der Waals surface area contributed by atoms with E-state index in [0.717, 1.165) is 0 Å². The molecule has 6 heteroatoms. The summed E-state index contributed by atoms with van der Waals surface area (Å²) in [5, 5.41) is 11.3. The van der Waals surface area contributed by atoms with Gasteiger partial charge in [-0.1, -0.05) is 54.6 Å². The van der Waals surface area contributed by atoms with Crippen molar-refractivity contribution in [1.82, 2.24) is 0 Å². The first-order valence-corrected chi connectivity index (χ1v) is 7.88. The van der Waals surface area contributed by atoms with Gasteiger partial charge in [0.1, 0.15) is 5.41 Å². The van der Waals surface area contributed by atoms with Crippen LogP contribution in [0.4, 0.5) is 0 Å². The number of benzene rings is 2. The molecule has 6 nitrogen and oxygen atoms in total. The topological polar surface area (TPSA) is 86.5 Å². The molecule has 0 saturated heterocycles. The number of hydrogen-bond acceptors (Lipinski definition) is 5. The summed E-state index contributed by atoms with van der Waals surface area (Å²) in [5.74, 6) is -2.05. The summed E-state index contributed by atoms with van der Waals surface area (Å²) in [7, 11) is 1.20. The van der Waals surface area contributed by atoms with Crippen LogP contribution < -0.4 is 0 Å². The highest BCUT2D eigenvalue weighted by Gasteiger charge is 2.59. The van der Waals surface area contributed by atoms with Crippen LogP contribution in [0.2, 0.25) is 0 Å². The highest BCUT2D eigenvalue weighted by molar-refractivity contribution is 6.16. The molecule has 1 aliphatic rings. The molecule has 0 aromatic heterocycles. The van der Waals surface area contributed by atoms with E-state index >= 15 is 0 Å². The Morgan fingerprint density at radius 1 is 1.20 bits per heavy atom. The summed E-state index contributed by atoms with van der Waals surface area (Å²) < 4.78 is 4.94. The summed E-state index contributed by atoms with van der Waals surface area (Å²) in [4.78, 5) is 36.8. The lowest BCUT2D eigenvalue weighted by Crippen LogP contribution is -2.46. The molecule has 2 aromatic rings. The molecule has 0 spiro atoms. The fraction of sp³-hybridized carbons (Fsp3) is 0.263. The van der Waals surface area contributed by atoms with Crippen LogP contribution in [0.25, 0.3) is 0 Å².